The van der Waals surface area contributed by atoms with Gasteiger partial charge < -0.3 is 10.6 Å². The normalized spacial score (nSPS) is 10.2. The molecular formula is C18H19ClN2O2. The van der Waals surface area contributed by atoms with Gasteiger partial charge in [0, 0.05) is 24.2 Å². The second-order valence-electron chi connectivity index (χ2n) is 5.19. The van der Waals surface area contributed by atoms with Gasteiger partial charge in [0.05, 0.1) is 6.42 Å². The van der Waals surface area contributed by atoms with E-state index in [4.69, 9.17) is 11.6 Å². The molecule has 0 bridgehead atoms. The van der Waals surface area contributed by atoms with Crippen molar-refractivity contribution in [3.05, 3.63) is 64.7 Å². The lowest BCUT2D eigenvalue weighted by Gasteiger charge is -2.07. The highest BCUT2D eigenvalue weighted by atomic mass is 35.5. The highest BCUT2D eigenvalue weighted by Crippen LogP contribution is 2.17. The molecule has 23 heavy (non-hydrogen) atoms. The van der Waals surface area contributed by atoms with Crippen LogP contribution in [0.15, 0.2) is 48.5 Å². The quantitative estimate of drug-likeness (QED) is 0.854. The van der Waals surface area contributed by atoms with E-state index >= 15 is 0 Å². The van der Waals surface area contributed by atoms with Gasteiger partial charge in [0.2, 0.25) is 11.8 Å². The van der Waals surface area contributed by atoms with E-state index in [0.717, 1.165) is 16.8 Å². The molecule has 0 heterocycles. The summed E-state index contributed by atoms with van der Waals surface area (Å²) in [4.78, 5) is 23.3. The molecule has 0 aliphatic rings. The number of hydrogen-bond acceptors (Lipinski definition) is 2. The topological polar surface area (TPSA) is 58.2 Å². The van der Waals surface area contributed by atoms with Gasteiger partial charge in [-0.2, -0.15) is 0 Å². The van der Waals surface area contributed by atoms with E-state index in [9.17, 15) is 9.59 Å². The standard InChI is InChI=1S/C18H19ClN2O2/c1-20-18(23)12-13-6-9-15(10-7-13)21-17(22)11-8-14-4-2-3-5-16(14)19/h2-7,9-10H,8,11-12H2,1H3,(H,20,23)(H,21,22). The molecule has 4 nitrogen and oxygen atoms in total. The van der Waals surface area contributed by atoms with Crippen LogP contribution in [-0.2, 0) is 22.4 Å². The van der Waals surface area contributed by atoms with Crippen molar-refractivity contribution < 1.29 is 9.59 Å². The molecule has 2 rings (SSSR count). The van der Waals surface area contributed by atoms with Crippen LogP contribution in [0.4, 0.5) is 5.69 Å². The van der Waals surface area contributed by atoms with Crippen LogP contribution in [0.25, 0.3) is 0 Å². The first-order chi connectivity index (χ1) is 11.1. The summed E-state index contributed by atoms with van der Waals surface area (Å²) in [7, 11) is 1.61. The fraction of sp³-hybridized carbons (Fsp3) is 0.222. The van der Waals surface area contributed by atoms with Crippen LogP contribution in [0.3, 0.4) is 0 Å². The summed E-state index contributed by atoms with van der Waals surface area (Å²) in [5, 5.41) is 6.10. The Kier molecular flexibility index (Phi) is 6.18. The molecule has 5 heteroatoms. The van der Waals surface area contributed by atoms with Gasteiger partial charge in [-0.3, -0.25) is 9.59 Å². The maximum Gasteiger partial charge on any atom is 0.224 e. The first-order valence-corrected chi connectivity index (χ1v) is 7.79. The van der Waals surface area contributed by atoms with E-state index in [1.807, 2.05) is 36.4 Å². The van der Waals surface area contributed by atoms with Crippen LogP contribution in [0.5, 0.6) is 0 Å². The predicted octanol–water partition coefficient (Wildman–Crippen LogP) is 3.20. The molecule has 120 valence electrons. The Hall–Kier alpha value is -2.33. The zero-order valence-electron chi connectivity index (χ0n) is 12.9. The Morgan fingerprint density at radius 3 is 2.35 bits per heavy atom. The van der Waals surface area contributed by atoms with Crippen molar-refractivity contribution in [2.75, 3.05) is 12.4 Å². The Morgan fingerprint density at radius 1 is 1.00 bits per heavy atom. The van der Waals surface area contributed by atoms with Gasteiger partial charge in [0.25, 0.3) is 0 Å². The summed E-state index contributed by atoms with van der Waals surface area (Å²) < 4.78 is 0. The molecule has 0 saturated heterocycles. The number of likely N-dealkylation sites (N-methyl/N-ethyl adjacent to an activating group) is 1. The molecule has 0 aliphatic heterocycles. The smallest absolute Gasteiger partial charge is 0.224 e. The molecule has 0 atom stereocenters. The molecule has 0 aromatic heterocycles. The number of benzene rings is 2. The molecule has 0 fully saturated rings. The maximum absolute atomic E-state index is 12.0. The second kappa shape index (κ2) is 8.34. The highest BCUT2D eigenvalue weighted by molar-refractivity contribution is 6.31. The summed E-state index contributed by atoms with van der Waals surface area (Å²) in [5.74, 6) is -0.106. The number of hydrogen-bond donors (Lipinski definition) is 2. The first-order valence-electron chi connectivity index (χ1n) is 7.41. The fourth-order valence-corrected chi connectivity index (χ4v) is 2.38. The van der Waals surface area contributed by atoms with Gasteiger partial charge >= 0.3 is 0 Å². The van der Waals surface area contributed by atoms with Gasteiger partial charge in [0.1, 0.15) is 0 Å². The second-order valence-corrected chi connectivity index (χ2v) is 5.59. The Morgan fingerprint density at radius 2 is 1.70 bits per heavy atom. The lowest BCUT2D eigenvalue weighted by Crippen LogP contribution is -2.19. The predicted molar refractivity (Wildman–Crippen MR) is 92.6 cm³/mol. The van der Waals surface area contributed by atoms with Gasteiger partial charge in [-0.15, -0.1) is 0 Å². The molecule has 0 spiro atoms. The van der Waals surface area contributed by atoms with Gasteiger partial charge in [-0.05, 0) is 35.7 Å². The number of amides is 2. The van der Waals surface area contributed by atoms with E-state index in [1.54, 1.807) is 19.2 Å². The van der Waals surface area contributed by atoms with Crippen molar-refractivity contribution >= 4 is 29.1 Å². The summed E-state index contributed by atoms with van der Waals surface area (Å²) in [5.41, 5.74) is 2.58. The van der Waals surface area contributed by atoms with E-state index in [1.165, 1.54) is 0 Å². The third-order valence-electron chi connectivity index (χ3n) is 3.46. The minimum atomic E-state index is -0.0658. The third-order valence-corrected chi connectivity index (χ3v) is 3.83. The number of carbonyl (C=O) groups excluding carboxylic acids is 2. The third kappa shape index (κ3) is 5.42. The summed E-state index contributed by atoms with van der Waals surface area (Å²) in [6.07, 6.45) is 1.29. The van der Waals surface area contributed by atoms with Gasteiger partial charge in [0.15, 0.2) is 0 Å². The van der Waals surface area contributed by atoms with Crippen molar-refractivity contribution in [3.63, 3.8) is 0 Å². The van der Waals surface area contributed by atoms with Crippen molar-refractivity contribution in [2.24, 2.45) is 0 Å². The number of halogens is 1. The molecule has 2 aromatic rings. The van der Waals surface area contributed by atoms with Crippen molar-refractivity contribution in [3.8, 4) is 0 Å². The minimum Gasteiger partial charge on any atom is -0.359 e. The van der Waals surface area contributed by atoms with Crippen LogP contribution < -0.4 is 10.6 Å². The van der Waals surface area contributed by atoms with E-state index < -0.39 is 0 Å². The van der Waals surface area contributed by atoms with Gasteiger partial charge in [-0.25, -0.2) is 0 Å². The molecular weight excluding hydrogens is 312 g/mol. The van der Waals surface area contributed by atoms with Crippen LogP contribution in [0.1, 0.15) is 17.5 Å². The van der Waals surface area contributed by atoms with Crippen LogP contribution in [-0.4, -0.2) is 18.9 Å². The number of rotatable bonds is 6. The van der Waals surface area contributed by atoms with Crippen LogP contribution >= 0.6 is 11.6 Å². The lowest BCUT2D eigenvalue weighted by molar-refractivity contribution is -0.120. The van der Waals surface area contributed by atoms with Crippen LogP contribution in [0, 0.1) is 0 Å². The van der Waals surface area contributed by atoms with Crippen molar-refractivity contribution in [1.82, 2.24) is 5.32 Å². The van der Waals surface area contributed by atoms with E-state index in [-0.39, 0.29) is 11.8 Å². The zero-order chi connectivity index (χ0) is 16.7. The number of aryl methyl sites for hydroxylation is 1. The number of anilines is 1. The largest absolute Gasteiger partial charge is 0.359 e. The van der Waals surface area contributed by atoms with Crippen molar-refractivity contribution in [1.29, 1.82) is 0 Å². The Bertz CT molecular complexity index is 684. The average Bonchev–Trinajstić information content (AvgIpc) is 2.56. The van der Waals surface area contributed by atoms with E-state index in [2.05, 4.69) is 10.6 Å². The average molecular weight is 331 g/mol. The number of carbonyl (C=O) groups is 2. The molecule has 2 aromatic carbocycles. The summed E-state index contributed by atoms with van der Waals surface area (Å²) in [6, 6.07) is 14.8. The fourth-order valence-electron chi connectivity index (χ4n) is 2.15. The summed E-state index contributed by atoms with van der Waals surface area (Å²) in [6.45, 7) is 0. The summed E-state index contributed by atoms with van der Waals surface area (Å²) >= 11 is 6.07. The number of nitrogens with one attached hydrogen (secondary N) is 2. The molecule has 0 unspecified atom stereocenters. The van der Waals surface area contributed by atoms with Crippen LogP contribution in [0.2, 0.25) is 5.02 Å². The molecule has 2 N–H and O–H groups in total. The minimum absolute atomic E-state index is 0.0403. The first kappa shape index (κ1) is 17.0. The molecule has 0 aliphatic carbocycles. The lowest BCUT2D eigenvalue weighted by atomic mass is 10.1. The maximum atomic E-state index is 12.0. The Labute approximate surface area is 140 Å². The zero-order valence-corrected chi connectivity index (χ0v) is 13.7. The molecule has 2 amide bonds. The van der Waals surface area contributed by atoms with Gasteiger partial charge in [-0.1, -0.05) is 41.9 Å². The monoisotopic (exact) mass is 330 g/mol. The Balaban J connectivity index is 1.85. The SMILES string of the molecule is CNC(=O)Cc1ccc(NC(=O)CCc2ccccc2Cl)cc1. The van der Waals surface area contributed by atoms with Crippen molar-refractivity contribution in [2.45, 2.75) is 19.3 Å². The van der Waals surface area contributed by atoms with E-state index in [0.29, 0.717) is 24.3 Å². The molecule has 0 saturated carbocycles. The molecule has 0 radical (unpaired) electrons. The highest BCUT2D eigenvalue weighted by Gasteiger charge is 2.06.